The van der Waals surface area contributed by atoms with Crippen LogP contribution in [0.15, 0.2) is 79.9 Å². The molecule has 0 saturated carbocycles. The molecule has 8 heteroatoms. The average molecular weight is 502 g/mol. The van der Waals surface area contributed by atoms with E-state index in [1.165, 1.54) is 28.7 Å². The summed E-state index contributed by atoms with van der Waals surface area (Å²) in [4.78, 5) is 37.7. The molecule has 0 N–H and O–H groups in total. The number of hydrogen-bond acceptors (Lipinski definition) is 8. The van der Waals surface area contributed by atoms with Crippen LogP contribution in [0.1, 0.15) is 27.6 Å². The van der Waals surface area contributed by atoms with Gasteiger partial charge in [0.25, 0.3) is 0 Å². The predicted octanol–water partition coefficient (Wildman–Crippen LogP) is 5.46. The Morgan fingerprint density at radius 3 is 2.43 bits per heavy atom. The van der Waals surface area contributed by atoms with Crippen LogP contribution in [-0.4, -0.2) is 18.5 Å². The maximum Gasteiger partial charge on any atom is 0.338 e. The van der Waals surface area contributed by atoms with Gasteiger partial charge in [0, 0.05) is 21.4 Å². The van der Waals surface area contributed by atoms with Crippen molar-refractivity contribution >= 4 is 45.6 Å². The smallest absolute Gasteiger partial charge is 0.338 e. The van der Waals surface area contributed by atoms with Crippen molar-refractivity contribution in [2.45, 2.75) is 6.92 Å². The number of fused-ring (bicyclic) bond motifs is 1. The standard InChI is InChI=1S/C27H18O6S2/c1-2-32-27(31)16-5-3-15(4-6-16)22-23(28)19-8-7-17(25-20(26(29)30)10-12-35-25)13-21(19)33-24(22)18-9-11-34-14-18/h3-14H,2H2,1H3,(H,29,30)/p-1. The summed E-state index contributed by atoms with van der Waals surface area (Å²) in [5, 5.41) is 17.3. The number of rotatable bonds is 6. The Labute approximate surface area is 207 Å². The van der Waals surface area contributed by atoms with Gasteiger partial charge in [-0.25, -0.2) is 4.79 Å². The lowest BCUT2D eigenvalue weighted by Gasteiger charge is -2.11. The topological polar surface area (TPSA) is 96.6 Å². The van der Waals surface area contributed by atoms with E-state index in [1.807, 2.05) is 16.8 Å². The summed E-state index contributed by atoms with van der Waals surface area (Å²) in [5.74, 6) is -1.29. The van der Waals surface area contributed by atoms with Gasteiger partial charge in [-0.05, 0) is 65.2 Å². The number of carbonyl (C=O) groups excluding carboxylic acids is 2. The van der Waals surface area contributed by atoms with Crippen molar-refractivity contribution in [3.05, 3.63) is 92.1 Å². The van der Waals surface area contributed by atoms with Crippen molar-refractivity contribution in [2.75, 3.05) is 6.61 Å². The zero-order valence-corrected chi connectivity index (χ0v) is 20.0. The Morgan fingerprint density at radius 2 is 1.74 bits per heavy atom. The molecule has 174 valence electrons. The van der Waals surface area contributed by atoms with Crippen molar-refractivity contribution < 1.29 is 23.8 Å². The Kier molecular flexibility index (Phi) is 6.07. The van der Waals surface area contributed by atoms with Gasteiger partial charge >= 0.3 is 5.97 Å². The highest BCUT2D eigenvalue weighted by Crippen LogP contribution is 2.36. The molecule has 0 aliphatic heterocycles. The first-order valence-electron chi connectivity index (χ1n) is 10.7. The Bertz CT molecular complexity index is 1610. The molecule has 0 fully saturated rings. The Hall–Kier alpha value is -4.01. The number of ether oxygens (including phenoxy) is 1. The third kappa shape index (κ3) is 4.18. The number of esters is 1. The molecule has 35 heavy (non-hydrogen) atoms. The van der Waals surface area contributed by atoms with Crippen LogP contribution in [0.4, 0.5) is 0 Å². The molecule has 0 aliphatic carbocycles. The van der Waals surface area contributed by atoms with Crippen molar-refractivity contribution in [1.29, 1.82) is 0 Å². The molecule has 2 aromatic carbocycles. The number of carbonyl (C=O) groups is 2. The summed E-state index contributed by atoms with van der Waals surface area (Å²) in [6.45, 7) is 2.01. The van der Waals surface area contributed by atoms with Crippen LogP contribution < -0.4 is 10.5 Å². The largest absolute Gasteiger partial charge is 0.545 e. The maximum atomic E-state index is 13.7. The number of benzene rings is 2. The summed E-state index contributed by atoms with van der Waals surface area (Å²) in [5.41, 5.74) is 2.96. The minimum Gasteiger partial charge on any atom is -0.545 e. The molecule has 0 spiro atoms. The highest BCUT2D eigenvalue weighted by molar-refractivity contribution is 7.14. The monoisotopic (exact) mass is 501 g/mol. The van der Waals surface area contributed by atoms with Gasteiger partial charge in [0.2, 0.25) is 5.43 Å². The molecule has 0 amide bonds. The van der Waals surface area contributed by atoms with Crippen LogP contribution in [0.2, 0.25) is 0 Å². The zero-order chi connectivity index (χ0) is 24.5. The zero-order valence-electron chi connectivity index (χ0n) is 18.4. The normalized spacial score (nSPS) is 11.0. The van der Waals surface area contributed by atoms with Gasteiger partial charge < -0.3 is 19.1 Å². The van der Waals surface area contributed by atoms with E-state index in [2.05, 4.69) is 0 Å². The van der Waals surface area contributed by atoms with Gasteiger partial charge in [0.05, 0.1) is 29.1 Å². The molecule has 0 radical (unpaired) electrons. The van der Waals surface area contributed by atoms with E-state index in [0.29, 0.717) is 43.9 Å². The minimum absolute atomic E-state index is 0.0908. The SMILES string of the molecule is CCOC(=O)c1ccc(-c2c(-c3ccsc3)oc3cc(-c4sccc4C(=O)[O-])ccc3c2=O)cc1. The first kappa shape index (κ1) is 22.8. The Morgan fingerprint density at radius 1 is 0.971 bits per heavy atom. The first-order chi connectivity index (χ1) is 17.0. The molecule has 0 aliphatic rings. The fourth-order valence-electron chi connectivity index (χ4n) is 3.87. The van der Waals surface area contributed by atoms with E-state index < -0.39 is 11.9 Å². The van der Waals surface area contributed by atoms with Gasteiger partial charge in [0.1, 0.15) is 11.3 Å². The van der Waals surface area contributed by atoms with Crippen LogP contribution >= 0.6 is 22.7 Å². The van der Waals surface area contributed by atoms with Crippen molar-refractivity contribution in [3.8, 4) is 32.9 Å². The second-order valence-electron chi connectivity index (χ2n) is 7.61. The molecular weight excluding hydrogens is 484 g/mol. The molecule has 6 nitrogen and oxygen atoms in total. The molecular formula is C27H17O6S2-. The summed E-state index contributed by atoms with van der Waals surface area (Å²) >= 11 is 2.75. The third-order valence-electron chi connectivity index (χ3n) is 5.51. The molecule has 3 aromatic heterocycles. The Balaban J connectivity index is 1.70. The minimum atomic E-state index is -1.26. The summed E-state index contributed by atoms with van der Waals surface area (Å²) < 4.78 is 11.3. The molecule has 3 heterocycles. The second kappa shape index (κ2) is 9.32. The van der Waals surface area contributed by atoms with Crippen molar-refractivity contribution in [3.63, 3.8) is 0 Å². The average Bonchev–Trinajstić information content (AvgIpc) is 3.57. The van der Waals surface area contributed by atoms with Crippen LogP contribution in [0.5, 0.6) is 0 Å². The first-order valence-corrected chi connectivity index (χ1v) is 12.5. The van der Waals surface area contributed by atoms with Crippen LogP contribution in [0.3, 0.4) is 0 Å². The highest BCUT2D eigenvalue weighted by atomic mass is 32.1. The van der Waals surface area contributed by atoms with E-state index >= 15 is 0 Å². The molecule has 0 bridgehead atoms. The van der Waals surface area contributed by atoms with Crippen LogP contribution in [0, 0.1) is 0 Å². The summed E-state index contributed by atoms with van der Waals surface area (Å²) in [6, 6.07) is 15.0. The number of thiophene rings is 2. The maximum absolute atomic E-state index is 13.7. The fourth-order valence-corrected chi connectivity index (χ4v) is 5.39. The third-order valence-corrected chi connectivity index (χ3v) is 7.15. The van der Waals surface area contributed by atoms with E-state index in [-0.39, 0.29) is 17.6 Å². The second-order valence-corrected chi connectivity index (χ2v) is 9.30. The predicted molar refractivity (Wildman–Crippen MR) is 135 cm³/mol. The number of carboxylic acid groups (broad SMARTS) is 1. The van der Waals surface area contributed by atoms with Gasteiger partial charge in [-0.15, -0.1) is 11.3 Å². The highest BCUT2D eigenvalue weighted by Gasteiger charge is 2.20. The van der Waals surface area contributed by atoms with Gasteiger partial charge in [-0.1, -0.05) is 18.2 Å². The molecule has 0 unspecified atom stereocenters. The molecule has 0 saturated heterocycles. The summed E-state index contributed by atoms with van der Waals surface area (Å²) in [6.07, 6.45) is 0. The van der Waals surface area contributed by atoms with E-state index in [1.54, 1.807) is 54.8 Å². The number of carboxylic acids is 1. The van der Waals surface area contributed by atoms with Gasteiger partial charge in [0.15, 0.2) is 0 Å². The van der Waals surface area contributed by atoms with Crippen molar-refractivity contribution in [1.82, 2.24) is 0 Å². The molecule has 5 rings (SSSR count). The fraction of sp³-hybridized carbons (Fsp3) is 0.0741. The quantitative estimate of drug-likeness (QED) is 0.287. The lowest BCUT2D eigenvalue weighted by molar-refractivity contribution is -0.254. The van der Waals surface area contributed by atoms with Crippen LogP contribution in [-0.2, 0) is 4.74 Å². The van der Waals surface area contributed by atoms with E-state index in [0.717, 1.165) is 5.56 Å². The lowest BCUT2D eigenvalue weighted by atomic mass is 9.98. The summed E-state index contributed by atoms with van der Waals surface area (Å²) in [7, 11) is 0. The van der Waals surface area contributed by atoms with E-state index in [9.17, 15) is 19.5 Å². The van der Waals surface area contributed by atoms with E-state index in [4.69, 9.17) is 9.15 Å². The number of aromatic carboxylic acids is 1. The van der Waals surface area contributed by atoms with Crippen LogP contribution in [0.25, 0.3) is 43.9 Å². The molecule has 5 aromatic rings. The number of hydrogen-bond donors (Lipinski definition) is 0. The van der Waals surface area contributed by atoms with Gasteiger partial charge in [-0.2, -0.15) is 11.3 Å². The van der Waals surface area contributed by atoms with Crippen molar-refractivity contribution in [2.24, 2.45) is 0 Å². The van der Waals surface area contributed by atoms with Gasteiger partial charge in [-0.3, -0.25) is 4.79 Å². The molecule has 0 atom stereocenters. The lowest BCUT2D eigenvalue weighted by Crippen LogP contribution is -2.22.